The number of thioether (sulfide) groups is 1. The predicted molar refractivity (Wildman–Crippen MR) is 119 cm³/mol. The van der Waals surface area contributed by atoms with E-state index >= 15 is 0 Å². The Labute approximate surface area is 173 Å². The fraction of sp³-hybridized carbons (Fsp3) is 0.789. The van der Waals surface area contributed by atoms with Crippen LogP contribution in [0.25, 0.3) is 0 Å². The number of carboxylic acids is 1. The van der Waals surface area contributed by atoms with Crippen LogP contribution in [-0.2, 0) is 9.59 Å². The zero-order valence-corrected chi connectivity index (χ0v) is 18.7. The minimum absolute atomic E-state index is 0.00104. The molecule has 0 radical (unpaired) electrons. The monoisotopic (exact) mass is 419 g/mol. The van der Waals surface area contributed by atoms with Gasteiger partial charge in [0, 0.05) is 30.3 Å². The van der Waals surface area contributed by atoms with Gasteiger partial charge < -0.3 is 21.5 Å². The number of rotatable bonds is 15. The van der Waals surface area contributed by atoms with E-state index in [-0.39, 0.29) is 29.8 Å². The average molecular weight is 420 g/mol. The quantitative estimate of drug-likeness (QED) is 0.206. The number of carbonyl (C=O) groups excluding carboxylic acids is 1. The first-order valence-electron chi connectivity index (χ1n) is 9.47. The lowest BCUT2D eigenvalue weighted by molar-refractivity contribution is -0.141. The Hall–Kier alpha value is -0.700. The minimum atomic E-state index is -0.990. The number of thiol groups is 1. The SMILES string of the molecule is CCC[C@@H](C=CCC(=O)NC(CCSC)C(=O)O)C(C)(C)NC[C@@H](N)CS. The number of hydrogen-bond acceptors (Lipinski definition) is 6. The highest BCUT2D eigenvalue weighted by Crippen LogP contribution is 2.23. The molecule has 0 aliphatic rings. The molecule has 6 nitrogen and oxygen atoms in total. The summed E-state index contributed by atoms with van der Waals surface area (Å²) in [7, 11) is 0. The lowest BCUT2D eigenvalue weighted by Crippen LogP contribution is -2.50. The molecule has 5 N–H and O–H groups in total. The first-order chi connectivity index (χ1) is 12.7. The second kappa shape index (κ2) is 14.3. The van der Waals surface area contributed by atoms with Gasteiger partial charge in [-0.15, -0.1) is 0 Å². The van der Waals surface area contributed by atoms with Crippen LogP contribution in [0.15, 0.2) is 12.2 Å². The minimum Gasteiger partial charge on any atom is -0.480 e. The molecule has 0 heterocycles. The van der Waals surface area contributed by atoms with Crippen LogP contribution in [-0.4, -0.2) is 58.9 Å². The van der Waals surface area contributed by atoms with Crippen molar-refractivity contribution in [1.29, 1.82) is 0 Å². The van der Waals surface area contributed by atoms with Gasteiger partial charge in [0.05, 0.1) is 0 Å². The Kier molecular flexibility index (Phi) is 13.9. The van der Waals surface area contributed by atoms with E-state index in [1.807, 2.05) is 12.3 Å². The molecule has 0 bridgehead atoms. The van der Waals surface area contributed by atoms with E-state index in [1.165, 1.54) is 0 Å². The van der Waals surface area contributed by atoms with Gasteiger partial charge in [0.2, 0.25) is 5.91 Å². The fourth-order valence-corrected chi connectivity index (χ4v) is 3.28. The van der Waals surface area contributed by atoms with E-state index in [0.29, 0.717) is 24.5 Å². The number of nitrogens with one attached hydrogen (secondary N) is 2. The van der Waals surface area contributed by atoms with Crippen molar-refractivity contribution in [3.05, 3.63) is 12.2 Å². The summed E-state index contributed by atoms with van der Waals surface area (Å²) in [6, 6.07) is -0.829. The number of amides is 1. The zero-order valence-electron chi connectivity index (χ0n) is 17.0. The Bertz CT molecular complexity index is 473. The molecule has 0 saturated heterocycles. The first kappa shape index (κ1) is 26.3. The maximum Gasteiger partial charge on any atom is 0.326 e. The predicted octanol–water partition coefficient (Wildman–Crippen LogP) is 2.30. The molecule has 0 rings (SSSR count). The van der Waals surface area contributed by atoms with Crippen LogP contribution >= 0.6 is 24.4 Å². The van der Waals surface area contributed by atoms with E-state index in [9.17, 15) is 14.7 Å². The van der Waals surface area contributed by atoms with E-state index in [1.54, 1.807) is 11.8 Å². The van der Waals surface area contributed by atoms with Gasteiger partial charge in [-0.25, -0.2) is 4.79 Å². The summed E-state index contributed by atoms with van der Waals surface area (Å²) in [5.41, 5.74) is 5.78. The summed E-state index contributed by atoms with van der Waals surface area (Å²) in [5.74, 6) is 0.307. The molecule has 8 heteroatoms. The lowest BCUT2D eigenvalue weighted by Gasteiger charge is -2.35. The molecule has 0 fully saturated rings. The van der Waals surface area contributed by atoms with Gasteiger partial charge >= 0.3 is 5.97 Å². The number of aliphatic carboxylic acids is 1. The van der Waals surface area contributed by atoms with E-state index < -0.39 is 12.0 Å². The van der Waals surface area contributed by atoms with Gasteiger partial charge in [-0.1, -0.05) is 25.5 Å². The summed E-state index contributed by atoms with van der Waals surface area (Å²) < 4.78 is 0. The Morgan fingerprint density at radius 2 is 2.00 bits per heavy atom. The maximum absolute atomic E-state index is 12.1. The number of carboxylic acid groups (broad SMARTS) is 1. The van der Waals surface area contributed by atoms with Crippen molar-refractivity contribution in [2.45, 2.75) is 64.1 Å². The van der Waals surface area contributed by atoms with Crippen LogP contribution < -0.4 is 16.4 Å². The van der Waals surface area contributed by atoms with Crippen LogP contribution in [0.3, 0.4) is 0 Å². The third-order valence-corrected chi connectivity index (χ3v) is 5.61. The number of hydrogen-bond donors (Lipinski definition) is 5. The molecular formula is C19H37N3O3S2. The first-order valence-corrected chi connectivity index (χ1v) is 11.5. The topological polar surface area (TPSA) is 104 Å². The third kappa shape index (κ3) is 11.7. The lowest BCUT2D eigenvalue weighted by atomic mass is 9.83. The molecular weight excluding hydrogens is 382 g/mol. The summed E-state index contributed by atoms with van der Waals surface area (Å²) >= 11 is 5.78. The van der Waals surface area contributed by atoms with Crippen LogP contribution in [0.1, 0.15) is 46.5 Å². The van der Waals surface area contributed by atoms with Crippen molar-refractivity contribution in [2.75, 3.05) is 24.3 Å². The molecule has 158 valence electrons. The van der Waals surface area contributed by atoms with Crippen molar-refractivity contribution in [3.63, 3.8) is 0 Å². The number of nitrogens with two attached hydrogens (primary N) is 1. The Balaban J connectivity index is 4.73. The molecule has 0 saturated carbocycles. The van der Waals surface area contributed by atoms with Gasteiger partial charge in [0.15, 0.2) is 0 Å². The Morgan fingerprint density at radius 1 is 1.33 bits per heavy atom. The van der Waals surface area contributed by atoms with Crippen molar-refractivity contribution in [1.82, 2.24) is 10.6 Å². The molecule has 0 aliphatic heterocycles. The van der Waals surface area contributed by atoms with Crippen LogP contribution in [0.2, 0.25) is 0 Å². The molecule has 1 unspecified atom stereocenters. The van der Waals surface area contributed by atoms with Crippen molar-refractivity contribution in [2.24, 2.45) is 11.7 Å². The van der Waals surface area contributed by atoms with Crippen molar-refractivity contribution in [3.8, 4) is 0 Å². The van der Waals surface area contributed by atoms with Crippen LogP contribution in [0.5, 0.6) is 0 Å². The standard InChI is InChI=1S/C19H37N3O3S2/c1-5-7-14(19(2,3)21-12-15(20)13-26)8-6-9-17(23)22-16(18(24)25)10-11-27-4/h6,8,14-16,21,26H,5,7,9-13,20H2,1-4H3,(H,22,23)(H,24,25)/t14-,15+,16?/m0/s1. The van der Waals surface area contributed by atoms with Crippen molar-refractivity contribution < 1.29 is 14.7 Å². The molecule has 3 atom stereocenters. The normalized spacial score (nSPS) is 15.5. The third-order valence-electron chi connectivity index (χ3n) is 4.50. The highest BCUT2D eigenvalue weighted by molar-refractivity contribution is 7.98. The number of carbonyl (C=O) groups is 2. The molecule has 0 aromatic heterocycles. The second-order valence-corrected chi connectivity index (χ2v) is 8.66. The zero-order chi connectivity index (χ0) is 20.9. The summed E-state index contributed by atoms with van der Waals surface area (Å²) in [6.45, 7) is 7.07. The van der Waals surface area contributed by atoms with Gasteiger partial charge in [0.1, 0.15) is 6.04 Å². The maximum atomic E-state index is 12.1. The highest BCUT2D eigenvalue weighted by atomic mass is 32.2. The summed E-state index contributed by atoms with van der Waals surface area (Å²) in [6.07, 6.45) is 8.42. The molecule has 0 aromatic carbocycles. The van der Waals surface area contributed by atoms with Crippen LogP contribution in [0, 0.1) is 5.92 Å². The summed E-state index contributed by atoms with van der Waals surface area (Å²) in [5, 5.41) is 15.3. The van der Waals surface area contributed by atoms with Gasteiger partial charge in [-0.2, -0.15) is 24.4 Å². The van der Waals surface area contributed by atoms with Gasteiger partial charge in [0.25, 0.3) is 0 Å². The molecule has 0 aliphatic carbocycles. The largest absolute Gasteiger partial charge is 0.480 e. The molecule has 0 spiro atoms. The fourth-order valence-electron chi connectivity index (χ4n) is 2.68. The average Bonchev–Trinajstić information content (AvgIpc) is 2.62. The van der Waals surface area contributed by atoms with Gasteiger partial charge in [-0.3, -0.25) is 4.79 Å². The second-order valence-electron chi connectivity index (χ2n) is 7.31. The van der Waals surface area contributed by atoms with E-state index in [4.69, 9.17) is 5.73 Å². The van der Waals surface area contributed by atoms with Crippen molar-refractivity contribution >= 4 is 36.3 Å². The van der Waals surface area contributed by atoms with Crippen LogP contribution in [0.4, 0.5) is 0 Å². The summed E-state index contributed by atoms with van der Waals surface area (Å²) in [4.78, 5) is 23.3. The highest BCUT2D eigenvalue weighted by Gasteiger charge is 2.26. The molecule has 1 amide bonds. The molecule has 27 heavy (non-hydrogen) atoms. The molecule has 0 aromatic rings. The Morgan fingerprint density at radius 3 is 2.52 bits per heavy atom. The smallest absolute Gasteiger partial charge is 0.326 e. The van der Waals surface area contributed by atoms with E-state index in [2.05, 4.69) is 50.1 Å². The van der Waals surface area contributed by atoms with Gasteiger partial charge in [-0.05, 0) is 44.6 Å². The van der Waals surface area contributed by atoms with E-state index in [0.717, 1.165) is 12.8 Å².